The molecule has 0 atom stereocenters. The number of nitriles is 1. The third kappa shape index (κ3) is 3.12. The summed E-state index contributed by atoms with van der Waals surface area (Å²) in [7, 11) is 4.63. The van der Waals surface area contributed by atoms with E-state index in [0.717, 1.165) is 0 Å². The SMILES string of the molecule is COc1cc(Nc2ccc(C#N)nn2)cc(OC)c1OC. The standard InChI is InChI=1S/C14H14N4O3/c1-19-11-6-10(7-12(20-2)14(11)21-3)16-13-5-4-9(8-15)17-18-13/h4-7H,1-3H3,(H,16,18). The van der Waals surface area contributed by atoms with Crippen LogP contribution >= 0.6 is 0 Å². The summed E-state index contributed by atoms with van der Waals surface area (Å²) in [6.45, 7) is 0. The molecule has 0 aliphatic heterocycles. The molecule has 0 bridgehead atoms. The maximum Gasteiger partial charge on any atom is 0.203 e. The summed E-state index contributed by atoms with van der Waals surface area (Å²) < 4.78 is 15.8. The molecule has 0 radical (unpaired) electrons. The second-order valence-corrected chi connectivity index (χ2v) is 3.95. The maximum atomic E-state index is 8.69. The fourth-order valence-electron chi connectivity index (χ4n) is 1.76. The van der Waals surface area contributed by atoms with Crippen LogP contribution in [0.15, 0.2) is 24.3 Å². The first-order valence-corrected chi connectivity index (χ1v) is 6.02. The quantitative estimate of drug-likeness (QED) is 0.900. The number of aromatic nitrogens is 2. The van der Waals surface area contributed by atoms with Gasteiger partial charge in [0, 0.05) is 17.8 Å². The Kier molecular flexibility index (Phi) is 4.41. The van der Waals surface area contributed by atoms with Crippen LogP contribution in [-0.2, 0) is 0 Å². The van der Waals surface area contributed by atoms with Gasteiger partial charge < -0.3 is 19.5 Å². The van der Waals surface area contributed by atoms with Crippen LogP contribution in [0.4, 0.5) is 11.5 Å². The Labute approximate surface area is 122 Å². The van der Waals surface area contributed by atoms with Gasteiger partial charge in [0.15, 0.2) is 23.0 Å². The Balaban J connectivity index is 2.33. The summed E-state index contributed by atoms with van der Waals surface area (Å²) in [6.07, 6.45) is 0. The van der Waals surface area contributed by atoms with Gasteiger partial charge >= 0.3 is 0 Å². The highest BCUT2D eigenvalue weighted by Gasteiger charge is 2.13. The predicted octanol–water partition coefficient (Wildman–Crippen LogP) is 2.12. The lowest BCUT2D eigenvalue weighted by Gasteiger charge is -2.14. The van der Waals surface area contributed by atoms with Crippen molar-refractivity contribution in [1.29, 1.82) is 5.26 Å². The monoisotopic (exact) mass is 286 g/mol. The third-order valence-electron chi connectivity index (χ3n) is 2.72. The molecule has 0 spiro atoms. The second-order valence-electron chi connectivity index (χ2n) is 3.95. The van der Waals surface area contributed by atoms with Crippen molar-refractivity contribution in [2.45, 2.75) is 0 Å². The van der Waals surface area contributed by atoms with Crippen molar-refractivity contribution in [1.82, 2.24) is 10.2 Å². The van der Waals surface area contributed by atoms with Crippen LogP contribution in [-0.4, -0.2) is 31.5 Å². The highest BCUT2D eigenvalue weighted by molar-refractivity contribution is 5.66. The van der Waals surface area contributed by atoms with E-state index in [2.05, 4.69) is 15.5 Å². The van der Waals surface area contributed by atoms with Gasteiger partial charge in [-0.3, -0.25) is 0 Å². The molecule has 0 unspecified atom stereocenters. The molecule has 0 aliphatic rings. The number of methoxy groups -OCH3 is 3. The second kappa shape index (κ2) is 6.43. The Bertz CT molecular complexity index is 640. The normalized spacial score (nSPS) is 9.62. The lowest BCUT2D eigenvalue weighted by molar-refractivity contribution is 0.324. The first-order valence-electron chi connectivity index (χ1n) is 6.02. The molecule has 7 nitrogen and oxygen atoms in total. The summed E-state index contributed by atoms with van der Waals surface area (Å²) in [5.41, 5.74) is 0.953. The van der Waals surface area contributed by atoms with Crippen molar-refractivity contribution in [3.63, 3.8) is 0 Å². The summed E-state index contributed by atoms with van der Waals surface area (Å²) in [5, 5.41) is 19.4. The predicted molar refractivity (Wildman–Crippen MR) is 76.1 cm³/mol. The topological polar surface area (TPSA) is 89.3 Å². The van der Waals surface area contributed by atoms with E-state index >= 15 is 0 Å². The highest BCUT2D eigenvalue weighted by Crippen LogP contribution is 2.40. The van der Waals surface area contributed by atoms with Crippen molar-refractivity contribution in [2.24, 2.45) is 0 Å². The summed E-state index contributed by atoms with van der Waals surface area (Å²) >= 11 is 0. The Morgan fingerprint density at radius 2 is 1.67 bits per heavy atom. The Morgan fingerprint density at radius 1 is 1.00 bits per heavy atom. The van der Waals surface area contributed by atoms with Crippen molar-refractivity contribution >= 4 is 11.5 Å². The minimum Gasteiger partial charge on any atom is -0.493 e. The molecule has 0 saturated heterocycles. The molecule has 1 N–H and O–H groups in total. The van der Waals surface area contributed by atoms with E-state index in [9.17, 15) is 0 Å². The van der Waals surface area contributed by atoms with E-state index in [4.69, 9.17) is 19.5 Å². The molecule has 0 aliphatic carbocycles. The average molecular weight is 286 g/mol. The van der Waals surface area contributed by atoms with Gasteiger partial charge in [0.25, 0.3) is 0 Å². The average Bonchev–Trinajstić information content (AvgIpc) is 2.54. The first kappa shape index (κ1) is 14.4. The zero-order chi connectivity index (χ0) is 15.2. The van der Waals surface area contributed by atoms with Crippen molar-refractivity contribution in [3.8, 4) is 23.3 Å². The molecule has 108 valence electrons. The van der Waals surface area contributed by atoms with Gasteiger partial charge in [-0.15, -0.1) is 10.2 Å². The number of ether oxygens (including phenoxy) is 3. The molecule has 2 aromatic rings. The minimum atomic E-state index is 0.255. The van der Waals surface area contributed by atoms with E-state index in [1.54, 1.807) is 45.6 Å². The van der Waals surface area contributed by atoms with Gasteiger partial charge in [-0.05, 0) is 12.1 Å². The summed E-state index contributed by atoms with van der Waals surface area (Å²) in [4.78, 5) is 0. The molecule has 2 rings (SSSR count). The van der Waals surface area contributed by atoms with E-state index in [0.29, 0.717) is 28.8 Å². The minimum absolute atomic E-state index is 0.255. The molecule has 0 saturated carbocycles. The summed E-state index contributed by atoms with van der Waals surface area (Å²) in [6, 6.07) is 8.65. The van der Waals surface area contributed by atoms with Crippen molar-refractivity contribution < 1.29 is 14.2 Å². The van der Waals surface area contributed by atoms with Gasteiger partial charge in [0.05, 0.1) is 21.3 Å². The fourth-order valence-corrected chi connectivity index (χ4v) is 1.76. The number of hydrogen-bond acceptors (Lipinski definition) is 7. The van der Waals surface area contributed by atoms with Crippen molar-refractivity contribution in [3.05, 3.63) is 30.0 Å². The molecule has 21 heavy (non-hydrogen) atoms. The molecule has 0 amide bonds. The van der Waals surface area contributed by atoms with Gasteiger partial charge in [0.2, 0.25) is 5.75 Å². The largest absolute Gasteiger partial charge is 0.493 e. The fraction of sp³-hybridized carbons (Fsp3) is 0.214. The number of nitrogens with zero attached hydrogens (tertiary/aromatic N) is 3. The van der Waals surface area contributed by atoms with E-state index < -0.39 is 0 Å². The van der Waals surface area contributed by atoms with Gasteiger partial charge in [-0.25, -0.2) is 0 Å². The number of nitrogens with one attached hydrogen (secondary N) is 1. The van der Waals surface area contributed by atoms with E-state index in [1.165, 1.54) is 0 Å². The Hall–Kier alpha value is -3.01. The van der Waals surface area contributed by atoms with Crippen molar-refractivity contribution in [2.75, 3.05) is 26.6 Å². The number of rotatable bonds is 5. The highest BCUT2D eigenvalue weighted by atomic mass is 16.5. The van der Waals surface area contributed by atoms with Gasteiger partial charge in [-0.1, -0.05) is 0 Å². The maximum absolute atomic E-state index is 8.69. The number of benzene rings is 1. The molecule has 1 heterocycles. The van der Waals surface area contributed by atoms with Gasteiger partial charge in [-0.2, -0.15) is 5.26 Å². The molecular formula is C14H14N4O3. The van der Waals surface area contributed by atoms with Crippen LogP contribution in [0.2, 0.25) is 0 Å². The van der Waals surface area contributed by atoms with Crippen LogP contribution in [0.25, 0.3) is 0 Å². The first-order chi connectivity index (χ1) is 10.2. The Morgan fingerprint density at radius 3 is 2.10 bits per heavy atom. The van der Waals surface area contributed by atoms with E-state index in [1.807, 2.05) is 6.07 Å². The molecule has 1 aromatic carbocycles. The number of hydrogen-bond donors (Lipinski definition) is 1. The summed E-state index contributed by atoms with van der Waals surface area (Å²) in [5.74, 6) is 2.07. The zero-order valence-electron chi connectivity index (χ0n) is 11.9. The lowest BCUT2D eigenvalue weighted by Crippen LogP contribution is -2.00. The molecular weight excluding hydrogens is 272 g/mol. The van der Waals surface area contributed by atoms with Crippen LogP contribution < -0.4 is 19.5 Å². The van der Waals surface area contributed by atoms with Crippen LogP contribution in [0.3, 0.4) is 0 Å². The van der Waals surface area contributed by atoms with E-state index in [-0.39, 0.29) is 5.69 Å². The van der Waals surface area contributed by atoms with Crippen LogP contribution in [0.1, 0.15) is 5.69 Å². The molecule has 7 heteroatoms. The number of anilines is 2. The lowest BCUT2D eigenvalue weighted by atomic mass is 10.2. The smallest absolute Gasteiger partial charge is 0.203 e. The molecule has 0 fully saturated rings. The van der Waals surface area contributed by atoms with Crippen LogP contribution in [0, 0.1) is 11.3 Å². The van der Waals surface area contributed by atoms with Gasteiger partial charge in [0.1, 0.15) is 6.07 Å². The third-order valence-corrected chi connectivity index (χ3v) is 2.72. The van der Waals surface area contributed by atoms with Crippen LogP contribution in [0.5, 0.6) is 17.2 Å². The zero-order valence-corrected chi connectivity index (χ0v) is 11.9. The molecule has 1 aromatic heterocycles.